The number of carbonyl (C=O) groups is 2. The summed E-state index contributed by atoms with van der Waals surface area (Å²) in [6.45, 7) is -0.0965. The number of rotatable bonds is 5. The molecule has 156 valence electrons. The molecule has 31 heavy (non-hydrogen) atoms. The van der Waals surface area contributed by atoms with Gasteiger partial charge in [-0.1, -0.05) is 29.8 Å². The minimum atomic E-state index is -0.543. The van der Waals surface area contributed by atoms with Crippen LogP contribution in [0.4, 0.5) is 14.9 Å². The standard InChI is InChI=1S/C21H12ClFN2O5S/c22-16-9-13(23)6-5-12(16)11-24-20(26)19(31-21(24)27)10-14-7-8-18(30-14)15-3-1-2-4-17(15)25(28)29/h1-10H,11H2/b19-10+. The largest absolute Gasteiger partial charge is 0.456 e. The number of carbonyl (C=O) groups excluding carboxylic acids is 2. The molecule has 2 amide bonds. The number of halogens is 2. The number of furan rings is 1. The third kappa shape index (κ3) is 4.23. The molecule has 3 aromatic rings. The second kappa shape index (κ2) is 8.37. The van der Waals surface area contributed by atoms with Gasteiger partial charge in [-0.2, -0.15) is 0 Å². The second-order valence-corrected chi connectivity index (χ2v) is 7.88. The van der Waals surface area contributed by atoms with E-state index in [2.05, 4.69) is 0 Å². The van der Waals surface area contributed by atoms with Crippen molar-refractivity contribution in [2.45, 2.75) is 6.54 Å². The summed E-state index contributed by atoms with van der Waals surface area (Å²) >= 11 is 6.72. The number of imide groups is 1. The Bertz CT molecular complexity index is 1260. The van der Waals surface area contributed by atoms with Gasteiger partial charge in [0.2, 0.25) is 0 Å². The number of nitro groups is 1. The molecule has 4 rings (SSSR count). The Labute approximate surface area is 184 Å². The number of para-hydroxylation sites is 1. The molecule has 0 spiro atoms. The molecule has 1 aliphatic rings. The SMILES string of the molecule is O=C1S/C(=C/c2ccc(-c3ccccc3[N+](=O)[O-])o2)C(=O)N1Cc1ccc(F)cc1Cl. The third-order valence-corrected chi connectivity index (χ3v) is 5.74. The molecule has 2 heterocycles. The predicted molar refractivity (Wildman–Crippen MR) is 114 cm³/mol. The average molecular weight is 459 g/mol. The lowest BCUT2D eigenvalue weighted by atomic mass is 10.1. The first-order valence-corrected chi connectivity index (χ1v) is 10.1. The van der Waals surface area contributed by atoms with E-state index < -0.39 is 21.9 Å². The van der Waals surface area contributed by atoms with Crippen LogP contribution >= 0.6 is 23.4 Å². The number of hydrogen-bond donors (Lipinski definition) is 0. The minimum absolute atomic E-state index is 0.0965. The Kier molecular flexibility index (Phi) is 5.62. The summed E-state index contributed by atoms with van der Waals surface area (Å²) < 4.78 is 18.9. The van der Waals surface area contributed by atoms with Gasteiger partial charge in [-0.15, -0.1) is 0 Å². The van der Waals surface area contributed by atoms with Gasteiger partial charge in [-0.25, -0.2) is 4.39 Å². The monoisotopic (exact) mass is 458 g/mol. The summed E-state index contributed by atoms with van der Waals surface area (Å²) in [5, 5.41) is 10.8. The summed E-state index contributed by atoms with van der Waals surface area (Å²) in [4.78, 5) is 36.9. The fourth-order valence-corrected chi connectivity index (χ4v) is 4.05. The molecule has 0 atom stereocenters. The first kappa shape index (κ1) is 20.8. The van der Waals surface area contributed by atoms with E-state index in [-0.39, 0.29) is 33.7 Å². The van der Waals surface area contributed by atoms with Crippen molar-refractivity contribution < 1.29 is 23.3 Å². The predicted octanol–water partition coefficient (Wildman–Crippen LogP) is 5.88. The van der Waals surface area contributed by atoms with Crippen LogP contribution in [0.2, 0.25) is 5.02 Å². The molecule has 0 unspecified atom stereocenters. The van der Waals surface area contributed by atoms with E-state index in [1.54, 1.807) is 30.3 Å². The van der Waals surface area contributed by atoms with Gasteiger partial charge in [0.1, 0.15) is 17.3 Å². The van der Waals surface area contributed by atoms with Gasteiger partial charge >= 0.3 is 0 Å². The molecule has 1 fully saturated rings. The van der Waals surface area contributed by atoms with Crippen molar-refractivity contribution in [1.29, 1.82) is 0 Å². The van der Waals surface area contributed by atoms with Crippen molar-refractivity contribution in [2.24, 2.45) is 0 Å². The number of nitrogens with zero attached hydrogens (tertiary/aromatic N) is 2. The highest BCUT2D eigenvalue weighted by Crippen LogP contribution is 2.36. The summed E-state index contributed by atoms with van der Waals surface area (Å²) in [6, 6.07) is 12.9. The molecule has 1 aromatic heterocycles. The van der Waals surface area contributed by atoms with Crippen molar-refractivity contribution >= 4 is 46.3 Å². The van der Waals surface area contributed by atoms with E-state index in [1.807, 2.05) is 0 Å². The van der Waals surface area contributed by atoms with Crippen molar-refractivity contribution in [3.63, 3.8) is 0 Å². The zero-order valence-electron chi connectivity index (χ0n) is 15.6. The number of amides is 2. The number of thioether (sulfide) groups is 1. The van der Waals surface area contributed by atoms with Crippen molar-refractivity contribution in [3.8, 4) is 11.3 Å². The van der Waals surface area contributed by atoms with Gasteiger partial charge in [0.05, 0.1) is 21.9 Å². The molecule has 0 bridgehead atoms. The maximum absolute atomic E-state index is 13.2. The molecule has 7 nitrogen and oxygen atoms in total. The summed E-state index contributed by atoms with van der Waals surface area (Å²) in [7, 11) is 0. The Hall–Kier alpha value is -3.43. The normalized spacial score (nSPS) is 15.2. The van der Waals surface area contributed by atoms with Crippen LogP contribution in [0.1, 0.15) is 11.3 Å². The maximum Gasteiger partial charge on any atom is 0.293 e. The lowest BCUT2D eigenvalue weighted by Gasteiger charge is -2.13. The van der Waals surface area contributed by atoms with Gasteiger partial charge in [0.25, 0.3) is 16.8 Å². The molecule has 1 aliphatic heterocycles. The molecule has 1 saturated heterocycles. The average Bonchev–Trinajstić information content (AvgIpc) is 3.30. The van der Waals surface area contributed by atoms with Crippen molar-refractivity contribution in [3.05, 3.63) is 91.8 Å². The van der Waals surface area contributed by atoms with Crippen LogP contribution in [0.25, 0.3) is 17.4 Å². The van der Waals surface area contributed by atoms with Crippen molar-refractivity contribution in [2.75, 3.05) is 0 Å². The van der Waals surface area contributed by atoms with Crippen LogP contribution in [-0.2, 0) is 11.3 Å². The smallest absolute Gasteiger partial charge is 0.293 e. The van der Waals surface area contributed by atoms with Crippen LogP contribution < -0.4 is 0 Å². The van der Waals surface area contributed by atoms with Gasteiger partial charge < -0.3 is 4.42 Å². The van der Waals surface area contributed by atoms with E-state index in [1.165, 1.54) is 24.3 Å². The van der Waals surface area contributed by atoms with Gasteiger partial charge in [-0.3, -0.25) is 24.6 Å². The first-order chi connectivity index (χ1) is 14.8. The van der Waals surface area contributed by atoms with E-state index in [0.29, 0.717) is 11.1 Å². The summed E-state index contributed by atoms with van der Waals surface area (Å²) in [5.74, 6) is -0.538. The van der Waals surface area contributed by atoms with E-state index in [9.17, 15) is 24.1 Å². The highest BCUT2D eigenvalue weighted by molar-refractivity contribution is 8.18. The maximum atomic E-state index is 13.2. The minimum Gasteiger partial charge on any atom is -0.456 e. The highest BCUT2D eigenvalue weighted by atomic mass is 35.5. The summed E-state index contributed by atoms with van der Waals surface area (Å²) in [6.07, 6.45) is 1.40. The van der Waals surface area contributed by atoms with Crippen LogP contribution in [-0.4, -0.2) is 21.0 Å². The summed E-state index contributed by atoms with van der Waals surface area (Å²) in [5.41, 5.74) is 0.620. The fraction of sp³-hybridized carbons (Fsp3) is 0.0476. The Morgan fingerprint density at radius 3 is 2.68 bits per heavy atom. The molecule has 0 radical (unpaired) electrons. The lowest BCUT2D eigenvalue weighted by molar-refractivity contribution is -0.384. The van der Waals surface area contributed by atoms with Crippen LogP contribution in [0.5, 0.6) is 0 Å². The van der Waals surface area contributed by atoms with Crippen LogP contribution in [0.3, 0.4) is 0 Å². The molecule has 0 saturated carbocycles. The Morgan fingerprint density at radius 1 is 1.16 bits per heavy atom. The van der Waals surface area contributed by atoms with Gasteiger partial charge in [-0.05, 0) is 47.7 Å². The third-order valence-electron chi connectivity index (χ3n) is 4.48. The van der Waals surface area contributed by atoms with E-state index in [0.717, 1.165) is 22.7 Å². The number of benzene rings is 2. The van der Waals surface area contributed by atoms with E-state index >= 15 is 0 Å². The lowest BCUT2D eigenvalue weighted by Crippen LogP contribution is -2.27. The van der Waals surface area contributed by atoms with Crippen molar-refractivity contribution in [1.82, 2.24) is 4.90 Å². The Morgan fingerprint density at radius 2 is 1.94 bits per heavy atom. The van der Waals surface area contributed by atoms with Gasteiger partial charge in [0.15, 0.2) is 0 Å². The van der Waals surface area contributed by atoms with Gasteiger partial charge in [0, 0.05) is 17.2 Å². The molecular formula is C21H12ClFN2O5S. The highest BCUT2D eigenvalue weighted by Gasteiger charge is 2.35. The van der Waals surface area contributed by atoms with Crippen LogP contribution in [0.15, 0.2) is 63.9 Å². The Balaban J connectivity index is 1.57. The first-order valence-electron chi connectivity index (χ1n) is 8.86. The zero-order chi connectivity index (χ0) is 22.1. The van der Waals surface area contributed by atoms with Crippen LogP contribution in [0, 0.1) is 15.9 Å². The molecular weight excluding hydrogens is 447 g/mol. The molecule has 0 N–H and O–H groups in total. The fourth-order valence-electron chi connectivity index (χ4n) is 3.00. The van der Waals surface area contributed by atoms with E-state index in [4.69, 9.17) is 16.0 Å². The zero-order valence-corrected chi connectivity index (χ0v) is 17.2. The molecule has 10 heteroatoms. The quantitative estimate of drug-likeness (QED) is 0.269. The second-order valence-electron chi connectivity index (χ2n) is 6.48. The number of hydrogen-bond acceptors (Lipinski definition) is 6. The molecule has 2 aromatic carbocycles. The topological polar surface area (TPSA) is 93.7 Å². The number of nitro benzene ring substituents is 1. The molecule has 0 aliphatic carbocycles.